The molecule has 1 aliphatic rings. The van der Waals surface area contributed by atoms with Gasteiger partial charge in [-0.1, -0.05) is 23.7 Å². The van der Waals surface area contributed by atoms with Crippen molar-refractivity contribution >= 4 is 34.6 Å². The first kappa shape index (κ1) is 26.0. The zero-order valence-corrected chi connectivity index (χ0v) is 22.4. The number of benzene rings is 2. The van der Waals surface area contributed by atoms with Crippen molar-refractivity contribution in [2.45, 2.75) is 51.7 Å². The van der Waals surface area contributed by atoms with E-state index in [1.54, 1.807) is 18.3 Å². The zero-order valence-electron chi connectivity index (χ0n) is 21.6. The summed E-state index contributed by atoms with van der Waals surface area (Å²) >= 11 is 6.70. The predicted octanol–water partition coefficient (Wildman–Crippen LogP) is 6.04. The Balaban J connectivity index is 1.69. The molecule has 1 aromatic heterocycles. The lowest BCUT2D eigenvalue weighted by atomic mass is 9.87. The van der Waals surface area contributed by atoms with Gasteiger partial charge in [-0.3, -0.25) is 4.57 Å². The Morgan fingerprint density at radius 1 is 1.11 bits per heavy atom. The molecule has 1 fully saturated rings. The highest BCUT2D eigenvalue weighted by atomic mass is 35.5. The molecule has 0 spiro atoms. The molecule has 3 aromatic rings. The molecule has 2 atom stereocenters. The number of methoxy groups -OCH3 is 1. The second kappa shape index (κ2) is 10.1. The van der Waals surface area contributed by atoms with E-state index in [0.717, 1.165) is 41.5 Å². The van der Waals surface area contributed by atoms with E-state index in [-0.39, 0.29) is 18.0 Å². The highest BCUT2D eigenvalue weighted by Crippen LogP contribution is 2.40. The number of carbonyl (C=O) groups excluding carboxylic acids is 2. The van der Waals surface area contributed by atoms with Crippen molar-refractivity contribution in [1.82, 2.24) is 9.47 Å². The number of piperidine rings is 1. The molecule has 2 heterocycles. The van der Waals surface area contributed by atoms with Crippen LogP contribution in [0.15, 0.2) is 42.6 Å². The number of ether oxygens (including phenoxy) is 3. The summed E-state index contributed by atoms with van der Waals surface area (Å²) in [5, 5.41) is 1.27. The van der Waals surface area contributed by atoms with Gasteiger partial charge in [0, 0.05) is 30.6 Å². The molecule has 4 rings (SSSR count). The molecule has 0 N–H and O–H groups in total. The number of hydrogen-bond acceptors (Lipinski definition) is 6. The molecule has 1 saturated heterocycles. The summed E-state index contributed by atoms with van der Waals surface area (Å²) in [5.41, 5.74) is 2.55. The molecular weight excluding hydrogens is 480 g/mol. The van der Waals surface area contributed by atoms with Crippen molar-refractivity contribution < 1.29 is 23.8 Å². The van der Waals surface area contributed by atoms with Crippen LogP contribution < -0.4 is 4.74 Å². The average molecular weight is 513 g/mol. The molecule has 1 aliphatic heterocycles. The van der Waals surface area contributed by atoms with E-state index in [0.29, 0.717) is 16.3 Å². The van der Waals surface area contributed by atoms with Crippen LogP contribution in [0.5, 0.6) is 5.75 Å². The number of carbonyl (C=O) groups is 2. The van der Waals surface area contributed by atoms with E-state index in [4.69, 9.17) is 25.8 Å². The van der Waals surface area contributed by atoms with Crippen LogP contribution >= 0.6 is 11.6 Å². The van der Waals surface area contributed by atoms with Gasteiger partial charge < -0.3 is 19.1 Å². The summed E-state index contributed by atoms with van der Waals surface area (Å²) in [6, 6.07) is 11.2. The number of rotatable bonds is 4. The minimum Gasteiger partial charge on any atom is -0.487 e. The van der Waals surface area contributed by atoms with Gasteiger partial charge in [0.1, 0.15) is 17.5 Å². The fourth-order valence-electron chi connectivity index (χ4n) is 4.74. The van der Waals surface area contributed by atoms with Gasteiger partial charge >= 0.3 is 12.1 Å². The topological polar surface area (TPSA) is 70.0 Å². The van der Waals surface area contributed by atoms with Crippen molar-refractivity contribution in [1.29, 1.82) is 0 Å². The second-order valence-corrected chi connectivity index (χ2v) is 10.8. The average Bonchev–Trinajstić information content (AvgIpc) is 3.27. The third kappa shape index (κ3) is 5.37. The number of nitrogens with zero attached hydrogens (tertiary/aromatic N) is 2. The number of halogens is 1. The minimum atomic E-state index is -0.613. The fraction of sp³-hybridized carbons (Fsp3) is 0.429. The largest absolute Gasteiger partial charge is 0.487 e. The van der Waals surface area contributed by atoms with Gasteiger partial charge in [-0.2, -0.15) is 0 Å². The molecule has 0 saturated carbocycles. The molecular formula is C28H33ClN2O5. The van der Waals surface area contributed by atoms with Crippen LogP contribution in [-0.4, -0.2) is 60.5 Å². The predicted molar refractivity (Wildman–Crippen MR) is 140 cm³/mol. The number of fused-ring (bicyclic) bond motifs is 1. The number of likely N-dealkylation sites (N-methyl/N-ethyl adjacent to an activating group) is 1. The van der Waals surface area contributed by atoms with Crippen molar-refractivity contribution in [3.8, 4) is 5.75 Å². The summed E-state index contributed by atoms with van der Waals surface area (Å²) in [6.45, 7) is 9.12. The maximum absolute atomic E-state index is 12.9. The number of aromatic nitrogens is 1. The lowest BCUT2D eigenvalue weighted by molar-refractivity contribution is 0.0542. The summed E-state index contributed by atoms with van der Waals surface area (Å²) in [7, 11) is 3.46. The highest BCUT2D eigenvalue weighted by molar-refractivity contribution is 6.33. The van der Waals surface area contributed by atoms with E-state index >= 15 is 0 Å². The van der Waals surface area contributed by atoms with Gasteiger partial charge in [0.05, 0.1) is 23.2 Å². The molecule has 0 radical (unpaired) electrons. The summed E-state index contributed by atoms with van der Waals surface area (Å²) in [6.07, 6.45) is 1.92. The molecule has 0 bridgehead atoms. The van der Waals surface area contributed by atoms with Crippen LogP contribution in [0.2, 0.25) is 5.02 Å². The molecule has 36 heavy (non-hydrogen) atoms. The van der Waals surface area contributed by atoms with Crippen LogP contribution in [0.25, 0.3) is 10.9 Å². The standard InChI is InChI=1S/C28H33ClN2O5/c1-17-15-22(29)25(20-11-14-31(24(17)20)27(33)36-28(2,3)4)35-23-12-13-30(5)16-21(23)18-7-9-19(10-8-18)26(32)34-6/h7-11,14-15,21,23H,12-13,16H2,1-6H3/t21-,23+/m0/s1. The second-order valence-electron chi connectivity index (χ2n) is 10.4. The van der Waals surface area contributed by atoms with Gasteiger partial charge in [-0.15, -0.1) is 0 Å². The quantitative estimate of drug-likeness (QED) is 0.397. The third-order valence-electron chi connectivity index (χ3n) is 6.44. The Bertz CT molecular complexity index is 1280. The first-order valence-electron chi connectivity index (χ1n) is 12.1. The Labute approximate surface area is 216 Å². The summed E-state index contributed by atoms with van der Waals surface area (Å²) in [5.74, 6) is 0.263. The van der Waals surface area contributed by atoms with Crippen LogP contribution in [0.1, 0.15) is 54.6 Å². The molecule has 2 aromatic carbocycles. The van der Waals surface area contributed by atoms with Crippen molar-refractivity contribution in [3.05, 3.63) is 64.3 Å². The number of esters is 1. The maximum Gasteiger partial charge on any atom is 0.419 e. The fourth-order valence-corrected chi connectivity index (χ4v) is 5.05. The van der Waals surface area contributed by atoms with E-state index in [2.05, 4.69) is 11.9 Å². The van der Waals surface area contributed by atoms with Crippen LogP contribution in [0.4, 0.5) is 4.79 Å². The molecule has 8 heteroatoms. The Hall–Kier alpha value is -3.03. The normalized spacial score (nSPS) is 18.8. The number of aryl methyl sites for hydroxylation is 1. The Kier molecular flexibility index (Phi) is 7.34. The number of likely N-dealkylation sites (tertiary alicyclic amines) is 1. The van der Waals surface area contributed by atoms with Gasteiger partial charge in [-0.25, -0.2) is 9.59 Å². The van der Waals surface area contributed by atoms with Gasteiger partial charge in [0.25, 0.3) is 0 Å². The molecule has 7 nitrogen and oxygen atoms in total. The molecule has 0 unspecified atom stereocenters. The summed E-state index contributed by atoms with van der Waals surface area (Å²) < 4.78 is 18.6. The summed E-state index contributed by atoms with van der Waals surface area (Å²) in [4.78, 5) is 27.0. The van der Waals surface area contributed by atoms with E-state index in [9.17, 15) is 9.59 Å². The van der Waals surface area contributed by atoms with Crippen LogP contribution in [0.3, 0.4) is 0 Å². The maximum atomic E-state index is 12.9. The molecule has 192 valence electrons. The zero-order chi connectivity index (χ0) is 26.2. The van der Waals surface area contributed by atoms with Crippen molar-refractivity contribution in [2.24, 2.45) is 0 Å². The number of hydrogen-bond donors (Lipinski definition) is 0. The lowest BCUT2D eigenvalue weighted by Crippen LogP contribution is -2.42. The Morgan fingerprint density at radius 2 is 1.81 bits per heavy atom. The van der Waals surface area contributed by atoms with E-state index in [1.165, 1.54) is 11.7 Å². The third-order valence-corrected chi connectivity index (χ3v) is 6.72. The van der Waals surface area contributed by atoms with Crippen LogP contribution in [0, 0.1) is 6.92 Å². The Morgan fingerprint density at radius 3 is 2.44 bits per heavy atom. The smallest absolute Gasteiger partial charge is 0.419 e. The van der Waals surface area contributed by atoms with E-state index in [1.807, 2.05) is 52.0 Å². The monoisotopic (exact) mass is 512 g/mol. The minimum absolute atomic E-state index is 0.0656. The van der Waals surface area contributed by atoms with Crippen LogP contribution in [-0.2, 0) is 9.47 Å². The van der Waals surface area contributed by atoms with Crippen molar-refractivity contribution in [3.63, 3.8) is 0 Å². The first-order valence-corrected chi connectivity index (χ1v) is 12.4. The molecule has 0 amide bonds. The molecule has 0 aliphatic carbocycles. The van der Waals surface area contributed by atoms with Crippen molar-refractivity contribution in [2.75, 3.05) is 27.2 Å². The first-order chi connectivity index (χ1) is 17.0. The SMILES string of the molecule is COC(=O)c1ccc([C@@H]2CN(C)CC[C@H]2Oc2c(Cl)cc(C)c3c2ccn3C(=O)OC(C)(C)C)cc1. The van der Waals surface area contributed by atoms with E-state index < -0.39 is 11.7 Å². The van der Waals surface area contributed by atoms with Gasteiger partial charge in [-0.05, 0) is 76.6 Å². The van der Waals surface area contributed by atoms with Gasteiger partial charge in [0.2, 0.25) is 0 Å². The highest BCUT2D eigenvalue weighted by Gasteiger charge is 2.32. The van der Waals surface area contributed by atoms with Gasteiger partial charge in [0.15, 0.2) is 0 Å². The lowest BCUT2D eigenvalue weighted by Gasteiger charge is -2.37.